The van der Waals surface area contributed by atoms with Crippen LogP contribution in [0.5, 0.6) is 0 Å². The maximum absolute atomic E-state index is 14.7. The molecule has 1 aliphatic heterocycles. The van der Waals surface area contributed by atoms with Gasteiger partial charge >= 0.3 is 11.8 Å². The lowest BCUT2D eigenvalue weighted by Crippen LogP contribution is -2.35. The molecule has 0 fully saturated rings. The zero-order chi connectivity index (χ0) is 21.6. The van der Waals surface area contributed by atoms with Crippen LogP contribution in [0.25, 0.3) is 11.0 Å². The van der Waals surface area contributed by atoms with Gasteiger partial charge in [-0.25, -0.2) is 4.98 Å². The molecule has 0 bridgehead atoms. The summed E-state index contributed by atoms with van der Waals surface area (Å²) in [6.07, 6.45) is 0.892. The van der Waals surface area contributed by atoms with E-state index in [9.17, 15) is 13.6 Å². The van der Waals surface area contributed by atoms with Crippen molar-refractivity contribution in [2.45, 2.75) is 45.8 Å². The van der Waals surface area contributed by atoms with E-state index in [4.69, 9.17) is 17.3 Å². The van der Waals surface area contributed by atoms with Gasteiger partial charge in [-0.2, -0.15) is 8.78 Å². The molecule has 5 nitrogen and oxygen atoms in total. The summed E-state index contributed by atoms with van der Waals surface area (Å²) in [5.74, 6) is -3.93. The van der Waals surface area contributed by atoms with E-state index >= 15 is 0 Å². The van der Waals surface area contributed by atoms with E-state index in [1.807, 2.05) is 22.8 Å². The molecule has 1 amide bonds. The van der Waals surface area contributed by atoms with E-state index in [1.165, 1.54) is 12.1 Å². The van der Waals surface area contributed by atoms with Crippen LogP contribution in [-0.4, -0.2) is 15.5 Å². The van der Waals surface area contributed by atoms with E-state index < -0.39 is 17.4 Å². The second-order valence-corrected chi connectivity index (χ2v) is 8.40. The van der Waals surface area contributed by atoms with Gasteiger partial charge in [0, 0.05) is 13.1 Å². The number of carbonyl (C=O) groups is 1. The fraction of sp³-hybridized carbons (Fsp3) is 0.364. The predicted molar refractivity (Wildman–Crippen MR) is 114 cm³/mol. The Hall–Kier alpha value is -2.51. The van der Waals surface area contributed by atoms with Gasteiger partial charge in [-0.05, 0) is 42.2 Å². The first kappa shape index (κ1) is 20.8. The van der Waals surface area contributed by atoms with Crippen LogP contribution in [0.2, 0.25) is 5.02 Å². The van der Waals surface area contributed by atoms with Crippen molar-refractivity contribution in [3.8, 4) is 0 Å². The minimum Gasteiger partial charge on any atom is -0.326 e. The maximum atomic E-state index is 14.7. The summed E-state index contributed by atoms with van der Waals surface area (Å²) in [6, 6.07) is 10.2. The molecule has 0 saturated heterocycles. The molecular weight excluding hydrogens is 410 g/mol. The van der Waals surface area contributed by atoms with E-state index in [-0.39, 0.29) is 17.3 Å². The first-order valence-electron chi connectivity index (χ1n) is 9.91. The van der Waals surface area contributed by atoms with Crippen molar-refractivity contribution < 1.29 is 13.6 Å². The first-order chi connectivity index (χ1) is 14.2. The Morgan fingerprint density at radius 3 is 2.70 bits per heavy atom. The molecule has 0 unspecified atom stereocenters. The lowest BCUT2D eigenvalue weighted by Gasteiger charge is -2.18. The van der Waals surface area contributed by atoms with Crippen molar-refractivity contribution in [2.75, 3.05) is 4.90 Å². The molecule has 1 aromatic heterocycles. The van der Waals surface area contributed by atoms with Gasteiger partial charge in [0.15, 0.2) is 0 Å². The zero-order valence-corrected chi connectivity index (χ0v) is 17.6. The van der Waals surface area contributed by atoms with Gasteiger partial charge in [-0.15, -0.1) is 0 Å². The zero-order valence-electron chi connectivity index (χ0n) is 16.8. The third-order valence-corrected chi connectivity index (χ3v) is 5.78. The Kier molecular flexibility index (Phi) is 5.28. The molecule has 0 saturated carbocycles. The number of benzene rings is 2. The minimum atomic E-state index is -3.66. The molecule has 158 valence electrons. The second-order valence-electron chi connectivity index (χ2n) is 7.99. The van der Waals surface area contributed by atoms with Crippen molar-refractivity contribution in [1.82, 2.24) is 9.55 Å². The first-order valence-corrected chi connectivity index (χ1v) is 10.3. The molecule has 0 aliphatic carbocycles. The summed E-state index contributed by atoms with van der Waals surface area (Å²) in [5.41, 5.74) is 8.00. The van der Waals surface area contributed by atoms with Crippen LogP contribution in [0.3, 0.4) is 0 Å². The number of rotatable bonds is 6. The number of hydrogen-bond acceptors (Lipinski definition) is 3. The van der Waals surface area contributed by atoms with Crippen LogP contribution in [-0.2, 0) is 30.4 Å². The third-order valence-electron chi connectivity index (χ3n) is 5.47. The number of carbonyl (C=O) groups excluding carboxylic acids is 1. The lowest BCUT2D eigenvalue weighted by atomic mass is 10.1. The quantitative estimate of drug-likeness (QED) is 0.606. The Bertz CT molecular complexity index is 1130. The number of halogens is 3. The molecule has 2 heterocycles. The van der Waals surface area contributed by atoms with E-state index in [0.29, 0.717) is 24.8 Å². The summed E-state index contributed by atoms with van der Waals surface area (Å²) in [7, 11) is 0. The van der Waals surface area contributed by atoms with E-state index in [0.717, 1.165) is 27.9 Å². The Morgan fingerprint density at radius 2 is 2.00 bits per heavy atom. The van der Waals surface area contributed by atoms with Crippen molar-refractivity contribution in [2.24, 2.45) is 11.7 Å². The van der Waals surface area contributed by atoms with Crippen LogP contribution < -0.4 is 10.6 Å². The van der Waals surface area contributed by atoms with Crippen molar-refractivity contribution >= 4 is 34.2 Å². The Labute approximate surface area is 178 Å². The molecule has 2 aromatic carbocycles. The molecule has 0 spiro atoms. The molecule has 2 N–H and O–H groups in total. The van der Waals surface area contributed by atoms with Crippen molar-refractivity contribution in [3.05, 3.63) is 58.4 Å². The van der Waals surface area contributed by atoms with Crippen molar-refractivity contribution in [1.29, 1.82) is 0 Å². The van der Waals surface area contributed by atoms with Crippen molar-refractivity contribution in [3.63, 3.8) is 0 Å². The minimum absolute atomic E-state index is 0.0630. The van der Waals surface area contributed by atoms with Gasteiger partial charge in [0.25, 0.3) is 0 Å². The maximum Gasteiger partial charge on any atom is 0.353 e. The molecule has 0 radical (unpaired) electrons. The van der Waals surface area contributed by atoms with Gasteiger partial charge < -0.3 is 10.3 Å². The molecule has 1 aliphatic rings. The van der Waals surface area contributed by atoms with Crippen LogP contribution in [0.1, 0.15) is 37.2 Å². The SMILES string of the molecule is CC(C)CCn1c(CN2C(=O)C(F)(F)c3c(Cl)cccc32)nc2cc(CN)ccc21. The topological polar surface area (TPSA) is 64.2 Å². The summed E-state index contributed by atoms with van der Waals surface area (Å²) in [4.78, 5) is 18.4. The highest BCUT2D eigenvalue weighted by Crippen LogP contribution is 2.48. The second kappa shape index (κ2) is 7.63. The number of nitrogens with two attached hydrogens (primary N) is 1. The Morgan fingerprint density at radius 1 is 1.23 bits per heavy atom. The standard InChI is InChI=1S/C22H23ClF2N4O/c1-13(2)8-9-28-17-7-6-14(11-26)10-16(17)27-19(28)12-29-18-5-3-4-15(23)20(18)22(24,25)21(29)30/h3-7,10,13H,8-9,11-12,26H2,1-2H3. The molecule has 8 heteroatoms. The highest BCUT2D eigenvalue weighted by molar-refractivity contribution is 6.33. The van der Waals surface area contributed by atoms with Gasteiger partial charge in [-0.3, -0.25) is 9.69 Å². The van der Waals surface area contributed by atoms with E-state index in [1.54, 1.807) is 6.07 Å². The van der Waals surface area contributed by atoms with Gasteiger partial charge in [-0.1, -0.05) is 37.6 Å². The van der Waals surface area contributed by atoms with Crippen LogP contribution in [0, 0.1) is 5.92 Å². The van der Waals surface area contributed by atoms with Gasteiger partial charge in [0.1, 0.15) is 5.82 Å². The summed E-state index contributed by atoms with van der Waals surface area (Å²) in [5, 5.41) is -0.116. The number of anilines is 1. The smallest absolute Gasteiger partial charge is 0.326 e. The molecular formula is C22H23ClF2N4O. The summed E-state index contributed by atoms with van der Waals surface area (Å²) >= 11 is 6.01. The number of nitrogens with zero attached hydrogens (tertiary/aromatic N) is 3. The number of aryl methyl sites for hydroxylation is 1. The number of aromatic nitrogens is 2. The molecule has 0 atom stereocenters. The number of amides is 1. The highest BCUT2D eigenvalue weighted by atomic mass is 35.5. The fourth-order valence-electron chi connectivity index (χ4n) is 3.84. The summed E-state index contributed by atoms with van der Waals surface area (Å²) in [6.45, 7) is 5.23. The van der Waals surface area contributed by atoms with Gasteiger partial charge in [0.2, 0.25) is 0 Å². The average molecular weight is 433 g/mol. The molecule has 30 heavy (non-hydrogen) atoms. The van der Waals surface area contributed by atoms with Crippen LogP contribution in [0.4, 0.5) is 14.5 Å². The average Bonchev–Trinajstić information content (AvgIpc) is 3.14. The molecule has 3 aromatic rings. The fourth-order valence-corrected chi connectivity index (χ4v) is 4.13. The lowest BCUT2D eigenvalue weighted by molar-refractivity contribution is -0.141. The molecule has 4 rings (SSSR count). The normalized spacial score (nSPS) is 15.4. The predicted octanol–water partition coefficient (Wildman–Crippen LogP) is 4.83. The number of alkyl halides is 2. The van der Waals surface area contributed by atoms with Crippen LogP contribution >= 0.6 is 11.6 Å². The number of imidazole rings is 1. The number of fused-ring (bicyclic) bond motifs is 2. The largest absolute Gasteiger partial charge is 0.353 e. The number of hydrogen-bond donors (Lipinski definition) is 1. The Balaban J connectivity index is 1.79. The third kappa shape index (κ3) is 3.36. The monoisotopic (exact) mass is 432 g/mol. The highest BCUT2D eigenvalue weighted by Gasteiger charge is 2.54. The van der Waals surface area contributed by atoms with Gasteiger partial charge in [0.05, 0.1) is 33.9 Å². The summed E-state index contributed by atoms with van der Waals surface area (Å²) < 4.78 is 31.4. The van der Waals surface area contributed by atoms with E-state index in [2.05, 4.69) is 18.8 Å². The van der Waals surface area contributed by atoms with Crippen LogP contribution in [0.15, 0.2) is 36.4 Å².